The van der Waals surface area contributed by atoms with Crippen molar-refractivity contribution in [3.8, 4) is 0 Å². The lowest BCUT2D eigenvalue weighted by Crippen LogP contribution is -2.54. The summed E-state index contributed by atoms with van der Waals surface area (Å²) in [6, 6.07) is 0. The van der Waals surface area contributed by atoms with Crippen LogP contribution in [0.5, 0.6) is 0 Å². The maximum absolute atomic E-state index is 11.6. The van der Waals surface area contributed by atoms with Crippen LogP contribution in [0, 0.1) is 11.3 Å². The van der Waals surface area contributed by atoms with Gasteiger partial charge in [-0.2, -0.15) is 0 Å². The predicted molar refractivity (Wildman–Crippen MR) is 97.2 cm³/mol. The molecule has 2 fully saturated rings. The molecule has 1 spiro atoms. The molecule has 140 valence electrons. The summed E-state index contributed by atoms with van der Waals surface area (Å²) in [4.78, 5) is 11.6. The van der Waals surface area contributed by atoms with Crippen molar-refractivity contribution in [1.29, 1.82) is 0 Å². The first kappa shape index (κ1) is 18.8. The van der Waals surface area contributed by atoms with Crippen molar-refractivity contribution >= 4 is 6.29 Å². The summed E-state index contributed by atoms with van der Waals surface area (Å²) < 4.78 is 18.4. The monoisotopic (exact) mass is 348 g/mol. The number of methoxy groups -OCH3 is 1. The summed E-state index contributed by atoms with van der Waals surface area (Å²) in [5, 5.41) is 0. The van der Waals surface area contributed by atoms with Crippen molar-refractivity contribution in [2.75, 3.05) is 13.7 Å². The summed E-state index contributed by atoms with van der Waals surface area (Å²) >= 11 is 0. The number of hydrogen-bond acceptors (Lipinski definition) is 4. The molecule has 3 aliphatic rings. The predicted octanol–water partition coefficient (Wildman–Crippen LogP) is 4.19. The third kappa shape index (κ3) is 3.02. The van der Waals surface area contributed by atoms with Gasteiger partial charge in [-0.05, 0) is 51.0 Å². The molecule has 0 amide bonds. The smallest absolute Gasteiger partial charge is 0.169 e. The second-order valence-electron chi connectivity index (χ2n) is 8.60. The van der Waals surface area contributed by atoms with E-state index in [4.69, 9.17) is 14.2 Å². The van der Waals surface area contributed by atoms with Crippen LogP contribution in [-0.4, -0.2) is 37.5 Å². The minimum absolute atomic E-state index is 0.0152. The van der Waals surface area contributed by atoms with Crippen LogP contribution in [0.3, 0.4) is 0 Å². The molecule has 4 heteroatoms. The third-order valence-corrected chi connectivity index (χ3v) is 6.57. The molecule has 0 aromatic heterocycles. The molecule has 1 aliphatic carbocycles. The highest BCUT2D eigenvalue weighted by atomic mass is 16.7. The summed E-state index contributed by atoms with van der Waals surface area (Å²) in [5.74, 6) is -0.531. The molecule has 0 aromatic carbocycles. The van der Waals surface area contributed by atoms with Crippen LogP contribution in [0.4, 0.5) is 0 Å². The van der Waals surface area contributed by atoms with Crippen LogP contribution in [0.2, 0.25) is 0 Å². The fraction of sp³-hybridized carbons (Fsp3) is 0.762. The second-order valence-corrected chi connectivity index (χ2v) is 8.60. The quantitative estimate of drug-likeness (QED) is 0.533. The first-order valence-corrected chi connectivity index (χ1v) is 9.43. The zero-order chi connectivity index (χ0) is 18.3. The Balaban J connectivity index is 1.97. The van der Waals surface area contributed by atoms with Crippen LogP contribution < -0.4 is 0 Å². The highest BCUT2D eigenvalue weighted by molar-refractivity contribution is 5.52. The maximum atomic E-state index is 11.6. The number of rotatable bonds is 6. The van der Waals surface area contributed by atoms with Crippen LogP contribution in [0.1, 0.15) is 59.8 Å². The molecule has 3 rings (SSSR count). The van der Waals surface area contributed by atoms with E-state index in [1.165, 1.54) is 11.1 Å². The number of carbonyl (C=O) groups excluding carboxylic acids is 1. The number of allylic oxidation sites excluding steroid dienone is 3. The molecule has 5 atom stereocenters. The zero-order valence-corrected chi connectivity index (χ0v) is 16.3. The Morgan fingerprint density at radius 3 is 2.80 bits per heavy atom. The molecule has 4 nitrogen and oxygen atoms in total. The third-order valence-electron chi connectivity index (χ3n) is 6.57. The van der Waals surface area contributed by atoms with E-state index in [1.54, 1.807) is 7.11 Å². The highest BCUT2D eigenvalue weighted by Gasteiger charge is 2.67. The van der Waals surface area contributed by atoms with Gasteiger partial charge in [0, 0.05) is 25.9 Å². The van der Waals surface area contributed by atoms with Crippen molar-refractivity contribution in [3.63, 3.8) is 0 Å². The van der Waals surface area contributed by atoms with Crippen LogP contribution >= 0.6 is 0 Å². The number of carbonyl (C=O) groups is 1. The molecule has 2 saturated heterocycles. The lowest BCUT2D eigenvalue weighted by molar-refractivity contribution is -0.241. The molecule has 0 N–H and O–H groups in total. The van der Waals surface area contributed by atoms with Gasteiger partial charge in [-0.1, -0.05) is 24.6 Å². The van der Waals surface area contributed by atoms with Crippen molar-refractivity contribution < 1.29 is 19.0 Å². The molecule has 25 heavy (non-hydrogen) atoms. The summed E-state index contributed by atoms with van der Waals surface area (Å²) in [5.41, 5.74) is 2.06. The average Bonchev–Trinajstić information content (AvgIpc) is 3.02. The Bertz CT molecular complexity index is 591. The van der Waals surface area contributed by atoms with Gasteiger partial charge in [0.25, 0.3) is 0 Å². The lowest BCUT2D eigenvalue weighted by atomic mass is 9.57. The van der Waals surface area contributed by atoms with E-state index >= 15 is 0 Å². The first-order valence-electron chi connectivity index (χ1n) is 9.43. The Labute approximate surface area is 151 Å². The van der Waals surface area contributed by atoms with Gasteiger partial charge >= 0.3 is 0 Å². The van der Waals surface area contributed by atoms with Crippen molar-refractivity contribution in [2.24, 2.45) is 11.3 Å². The minimum Gasteiger partial charge on any atom is -0.370 e. The van der Waals surface area contributed by atoms with Gasteiger partial charge in [0.15, 0.2) is 5.79 Å². The van der Waals surface area contributed by atoms with E-state index in [9.17, 15) is 4.79 Å². The maximum Gasteiger partial charge on any atom is 0.169 e. The summed E-state index contributed by atoms with van der Waals surface area (Å²) in [6.45, 7) is 9.17. The molecular weight excluding hydrogens is 316 g/mol. The Morgan fingerprint density at radius 2 is 2.16 bits per heavy atom. The number of aldehydes is 1. The van der Waals surface area contributed by atoms with Gasteiger partial charge in [0.2, 0.25) is 0 Å². The van der Waals surface area contributed by atoms with Crippen molar-refractivity contribution in [1.82, 2.24) is 0 Å². The molecule has 0 aromatic rings. The Morgan fingerprint density at radius 1 is 1.40 bits per heavy atom. The van der Waals surface area contributed by atoms with Crippen molar-refractivity contribution in [2.45, 2.75) is 77.3 Å². The normalized spacial score (nSPS) is 42.5. The topological polar surface area (TPSA) is 44.8 Å². The highest BCUT2D eigenvalue weighted by Crippen LogP contribution is 2.61. The van der Waals surface area contributed by atoms with Crippen LogP contribution in [0.25, 0.3) is 0 Å². The van der Waals surface area contributed by atoms with E-state index in [1.807, 2.05) is 6.92 Å². The zero-order valence-electron chi connectivity index (χ0n) is 16.3. The largest absolute Gasteiger partial charge is 0.370 e. The average molecular weight is 348 g/mol. The molecule has 2 aliphatic heterocycles. The number of ether oxygens (including phenoxy) is 3. The van der Waals surface area contributed by atoms with Gasteiger partial charge in [-0.25, -0.2) is 0 Å². The first-order chi connectivity index (χ1) is 11.8. The summed E-state index contributed by atoms with van der Waals surface area (Å²) in [7, 11) is 1.69. The number of hydrogen-bond donors (Lipinski definition) is 0. The Kier molecular flexibility index (Phi) is 5.00. The SMILES string of the molecule is CO[C@@]1(C)C[C@H]2OCC3=CC[C@](C)(CCC=C(C)C)[C@@H](CC=O)[C@@]32O1. The van der Waals surface area contributed by atoms with Gasteiger partial charge < -0.3 is 19.0 Å². The molecule has 0 saturated carbocycles. The fourth-order valence-corrected chi connectivity index (χ4v) is 5.11. The van der Waals surface area contributed by atoms with E-state index in [0.29, 0.717) is 19.4 Å². The van der Waals surface area contributed by atoms with Gasteiger partial charge in [0.05, 0.1) is 12.7 Å². The van der Waals surface area contributed by atoms with Crippen LogP contribution in [0.15, 0.2) is 23.3 Å². The van der Waals surface area contributed by atoms with Gasteiger partial charge in [-0.3, -0.25) is 0 Å². The fourth-order valence-electron chi connectivity index (χ4n) is 5.11. The van der Waals surface area contributed by atoms with E-state index in [2.05, 4.69) is 32.9 Å². The lowest BCUT2D eigenvalue weighted by Gasteiger charge is -2.50. The van der Waals surface area contributed by atoms with Gasteiger partial charge in [-0.15, -0.1) is 0 Å². The molecule has 2 heterocycles. The van der Waals surface area contributed by atoms with Crippen molar-refractivity contribution in [3.05, 3.63) is 23.3 Å². The van der Waals surface area contributed by atoms with E-state index in [0.717, 1.165) is 25.5 Å². The standard InChI is InChI=1S/C21H32O4/c1-15(2)7-6-10-19(3)11-8-16-14-24-18-13-20(4,23-5)25-21(16,18)17(19)9-12-22/h7-8,12,17-18H,6,9-11,13-14H2,1-5H3/t17-,18-,19+,20-,21+/m1/s1. The summed E-state index contributed by atoms with van der Waals surface area (Å²) in [6.07, 6.45) is 9.88. The van der Waals surface area contributed by atoms with E-state index in [-0.39, 0.29) is 17.4 Å². The molecule has 0 radical (unpaired) electrons. The molecule has 0 unspecified atom stereocenters. The van der Waals surface area contributed by atoms with Crippen LogP contribution in [-0.2, 0) is 19.0 Å². The Hall–Kier alpha value is -0.970. The van der Waals surface area contributed by atoms with E-state index < -0.39 is 11.4 Å². The van der Waals surface area contributed by atoms with Gasteiger partial charge in [0.1, 0.15) is 11.9 Å². The molecule has 0 bridgehead atoms. The molecular formula is C21H32O4. The minimum atomic E-state index is -0.649. The second kappa shape index (κ2) is 6.64.